The first-order valence-corrected chi connectivity index (χ1v) is 4.27. The average Bonchev–Trinajstić information content (AvgIpc) is 1.88. The van der Waals surface area contributed by atoms with Gasteiger partial charge in [-0.1, -0.05) is 11.6 Å². The molecule has 0 amide bonds. The zero-order valence-corrected chi connectivity index (χ0v) is 7.56. The van der Waals surface area contributed by atoms with Crippen molar-refractivity contribution in [3.8, 4) is 0 Å². The molecule has 0 radical (unpaired) electrons. The van der Waals surface area contributed by atoms with Crippen LogP contribution in [0.15, 0.2) is 11.6 Å². The van der Waals surface area contributed by atoms with Gasteiger partial charge in [-0.05, 0) is 20.4 Å². The van der Waals surface area contributed by atoms with Crippen molar-refractivity contribution in [3.05, 3.63) is 11.6 Å². The number of hydrogen-bond donors (Lipinski definition) is 1. The lowest BCUT2D eigenvalue weighted by Crippen LogP contribution is -2.34. The van der Waals surface area contributed by atoms with Crippen molar-refractivity contribution >= 4 is 12.6 Å². The summed E-state index contributed by atoms with van der Waals surface area (Å²) in [4.78, 5) is 2.32. The average molecular weight is 157 g/mol. The summed E-state index contributed by atoms with van der Waals surface area (Å²) in [6.07, 6.45) is 3.39. The summed E-state index contributed by atoms with van der Waals surface area (Å²) in [5.41, 5.74) is 1.50. The van der Waals surface area contributed by atoms with E-state index in [0.717, 1.165) is 6.54 Å². The molecule has 0 bridgehead atoms. The van der Waals surface area contributed by atoms with Gasteiger partial charge in [0.05, 0.1) is 0 Å². The SMILES string of the molecule is CC=C1CCN(C)CC1S. The van der Waals surface area contributed by atoms with E-state index in [4.69, 9.17) is 0 Å². The Labute approximate surface area is 68.5 Å². The summed E-state index contributed by atoms with van der Waals surface area (Å²) in [7, 11) is 2.15. The van der Waals surface area contributed by atoms with E-state index >= 15 is 0 Å². The van der Waals surface area contributed by atoms with Gasteiger partial charge in [0.1, 0.15) is 0 Å². The van der Waals surface area contributed by atoms with Gasteiger partial charge in [-0.15, -0.1) is 0 Å². The number of thiol groups is 1. The van der Waals surface area contributed by atoms with Crippen molar-refractivity contribution in [1.82, 2.24) is 4.90 Å². The van der Waals surface area contributed by atoms with Crippen LogP contribution >= 0.6 is 12.6 Å². The molecule has 1 aliphatic rings. The Morgan fingerprint density at radius 3 is 2.90 bits per heavy atom. The molecule has 1 saturated heterocycles. The first-order valence-electron chi connectivity index (χ1n) is 3.75. The van der Waals surface area contributed by atoms with Crippen molar-refractivity contribution < 1.29 is 0 Å². The smallest absolute Gasteiger partial charge is 0.0353 e. The highest BCUT2D eigenvalue weighted by Gasteiger charge is 2.17. The topological polar surface area (TPSA) is 3.24 Å². The Kier molecular flexibility index (Phi) is 2.81. The molecule has 1 nitrogen and oxygen atoms in total. The summed E-state index contributed by atoms with van der Waals surface area (Å²) < 4.78 is 0. The number of allylic oxidation sites excluding steroid dienone is 1. The minimum Gasteiger partial charge on any atom is -0.305 e. The minimum absolute atomic E-state index is 0.476. The second kappa shape index (κ2) is 3.44. The highest BCUT2D eigenvalue weighted by Crippen LogP contribution is 2.19. The Hall–Kier alpha value is 0.0500. The summed E-state index contributed by atoms with van der Waals surface area (Å²) in [5, 5.41) is 0.476. The first kappa shape index (κ1) is 8.15. The van der Waals surface area contributed by atoms with Gasteiger partial charge < -0.3 is 4.90 Å². The van der Waals surface area contributed by atoms with Gasteiger partial charge in [-0.3, -0.25) is 0 Å². The summed E-state index contributed by atoms with van der Waals surface area (Å²) in [6.45, 7) is 4.39. The molecule has 10 heavy (non-hydrogen) atoms. The van der Waals surface area contributed by atoms with E-state index in [1.807, 2.05) is 0 Å². The Bertz CT molecular complexity index is 142. The van der Waals surface area contributed by atoms with E-state index in [0.29, 0.717) is 5.25 Å². The quantitative estimate of drug-likeness (QED) is 0.412. The van der Waals surface area contributed by atoms with Crippen LogP contribution in [0.2, 0.25) is 0 Å². The fourth-order valence-corrected chi connectivity index (χ4v) is 1.88. The Morgan fingerprint density at radius 1 is 1.70 bits per heavy atom. The van der Waals surface area contributed by atoms with Gasteiger partial charge in [0, 0.05) is 18.3 Å². The lowest BCUT2D eigenvalue weighted by atomic mass is 10.0. The van der Waals surface area contributed by atoms with Crippen molar-refractivity contribution in [1.29, 1.82) is 0 Å². The number of hydrogen-bond acceptors (Lipinski definition) is 2. The van der Waals surface area contributed by atoms with Gasteiger partial charge in [0.15, 0.2) is 0 Å². The lowest BCUT2D eigenvalue weighted by Gasteiger charge is -2.29. The molecule has 1 unspecified atom stereocenters. The van der Waals surface area contributed by atoms with Crippen LogP contribution in [0.5, 0.6) is 0 Å². The molecule has 1 aliphatic heterocycles. The fraction of sp³-hybridized carbons (Fsp3) is 0.750. The minimum atomic E-state index is 0.476. The molecule has 0 N–H and O–H groups in total. The monoisotopic (exact) mass is 157 g/mol. The lowest BCUT2D eigenvalue weighted by molar-refractivity contribution is 0.317. The van der Waals surface area contributed by atoms with E-state index < -0.39 is 0 Å². The van der Waals surface area contributed by atoms with Crippen molar-refractivity contribution in [2.24, 2.45) is 0 Å². The molecule has 2 heteroatoms. The Balaban J connectivity index is 2.52. The van der Waals surface area contributed by atoms with Crippen LogP contribution in [0.25, 0.3) is 0 Å². The molecular weight excluding hydrogens is 142 g/mol. The molecule has 0 aromatic heterocycles. The predicted molar refractivity (Wildman–Crippen MR) is 48.6 cm³/mol. The van der Waals surface area contributed by atoms with Gasteiger partial charge in [-0.2, -0.15) is 12.6 Å². The molecule has 1 atom stereocenters. The number of nitrogens with zero attached hydrogens (tertiary/aromatic N) is 1. The highest BCUT2D eigenvalue weighted by molar-refractivity contribution is 7.81. The molecule has 0 spiro atoms. The number of likely N-dealkylation sites (tertiary alicyclic amines) is 1. The third kappa shape index (κ3) is 1.77. The molecule has 0 aromatic carbocycles. The van der Waals surface area contributed by atoms with Crippen molar-refractivity contribution in [3.63, 3.8) is 0 Å². The van der Waals surface area contributed by atoms with Crippen LogP contribution in [0.3, 0.4) is 0 Å². The van der Waals surface area contributed by atoms with E-state index in [1.165, 1.54) is 18.5 Å². The fourth-order valence-electron chi connectivity index (χ4n) is 1.33. The molecule has 1 fully saturated rings. The maximum absolute atomic E-state index is 4.49. The van der Waals surface area contributed by atoms with E-state index in [9.17, 15) is 0 Å². The molecule has 1 rings (SSSR count). The maximum atomic E-state index is 4.49. The number of piperidine rings is 1. The zero-order chi connectivity index (χ0) is 7.56. The van der Waals surface area contributed by atoms with Crippen LogP contribution < -0.4 is 0 Å². The van der Waals surface area contributed by atoms with E-state index in [-0.39, 0.29) is 0 Å². The molecule has 0 saturated carbocycles. The van der Waals surface area contributed by atoms with E-state index in [2.05, 4.69) is 37.6 Å². The predicted octanol–water partition coefficient (Wildman–Crippen LogP) is 1.57. The first-order chi connectivity index (χ1) is 4.74. The molecular formula is C8H15NS. The second-order valence-electron chi connectivity index (χ2n) is 2.89. The molecule has 58 valence electrons. The van der Waals surface area contributed by atoms with E-state index in [1.54, 1.807) is 0 Å². The third-order valence-electron chi connectivity index (χ3n) is 2.07. The largest absolute Gasteiger partial charge is 0.305 e. The standard InChI is InChI=1S/C8H15NS/c1-3-7-4-5-9(2)6-8(7)10/h3,8,10H,4-6H2,1-2H3. The van der Waals surface area contributed by atoms with Crippen LogP contribution in [0, 0.1) is 0 Å². The van der Waals surface area contributed by atoms with Crippen LogP contribution in [0.4, 0.5) is 0 Å². The number of rotatable bonds is 0. The maximum Gasteiger partial charge on any atom is 0.0353 e. The molecule has 0 aliphatic carbocycles. The third-order valence-corrected chi connectivity index (χ3v) is 2.56. The molecule has 1 heterocycles. The molecule has 0 aromatic rings. The zero-order valence-electron chi connectivity index (χ0n) is 6.67. The van der Waals surface area contributed by atoms with Crippen molar-refractivity contribution in [2.75, 3.05) is 20.1 Å². The van der Waals surface area contributed by atoms with Crippen LogP contribution in [-0.4, -0.2) is 30.3 Å². The van der Waals surface area contributed by atoms with Gasteiger partial charge in [0.25, 0.3) is 0 Å². The van der Waals surface area contributed by atoms with Gasteiger partial charge in [0.2, 0.25) is 0 Å². The summed E-state index contributed by atoms with van der Waals surface area (Å²) >= 11 is 4.49. The van der Waals surface area contributed by atoms with Crippen molar-refractivity contribution in [2.45, 2.75) is 18.6 Å². The highest BCUT2D eigenvalue weighted by atomic mass is 32.1. The Morgan fingerprint density at radius 2 is 2.40 bits per heavy atom. The normalized spacial score (nSPS) is 33.1. The van der Waals surface area contributed by atoms with Crippen LogP contribution in [0.1, 0.15) is 13.3 Å². The van der Waals surface area contributed by atoms with Gasteiger partial charge >= 0.3 is 0 Å². The summed E-state index contributed by atoms with van der Waals surface area (Å²) in [6, 6.07) is 0. The van der Waals surface area contributed by atoms with Gasteiger partial charge in [-0.25, -0.2) is 0 Å². The second-order valence-corrected chi connectivity index (χ2v) is 3.51. The summed E-state index contributed by atoms with van der Waals surface area (Å²) in [5.74, 6) is 0. The van der Waals surface area contributed by atoms with Crippen LogP contribution in [-0.2, 0) is 0 Å².